The highest BCUT2D eigenvalue weighted by molar-refractivity contribution is 7.98. The van der Waals surface area contributed by atoms with Crippen LogP contribution in [0.15, 0.2) is 78.0 Å². The molecule has 0 spiro atoms. The van der Waals surface area contributed by atoms with Crippen LogP contribution in [0.1, 0.15) is 34.8 Å². The molecule has 0 atom stereocenters. The molecule has 0 N–H and O–H groups in total. The zero-order valence-corrected chi connectivity index (χ0v) is 21.4. The van der Waals surface area contributed by atoms with Crippen LogP contribution in [0, 0.1) is 6.92 Å². The Bertz CT molecular complexity index is 1280. The number of nitrogens with zero attached hydrogens (tertiary/aromatic N) is 4. The van der Waals surface area contributed by atoms with Crippen LogP contribution in [0.25, 0.3) is 17.1 Å². The summed E-state index contributed by atoms with van der Waals surface area (Å²) in [6, 6.07) is 24.0. The van der Waals surface area contributed by atoms with Crippen molar-refractivity contribution >= 4 is 17.7 Å². The molecule has 0 aliphatic heterocycles. The number of amides is 1. The summed E-state index contributed by atoms with van der Waals surface area (Å²) in [5.41, 5.74) is 4.95. The van der Waals surface area contributed by atoms with Crippen LogP contribution in [0.4, 0.5) is 0 Å². The van der Waals surface area contributed by atoms with E-state index in [1.165, 1.54) is 5.56 Å². The van der Waals surface area contributed by atoms with E-state index in [-0.39, 0.29) is 5.91 Å². The number of carbonyl (C=O) groups is 1. The van der Waals surface area contributed by atoms with E-state index in [1.54, 1.807) is 23.8 Å². The second-order valence-corrected chi connectivity index (χ2v) is 9.36. The highest BCUT2D eigenvalue weighted by Gasteiger charge is 2.17. The summed E-state index contributed by atoms with van der Waals surface area (Å²) in [6.45, 7) is 4.89. The van der Waals surface area contributed by atoms with Crippen molar-refractivity contribution in [1.82, 2.24) is 19.7 Å². The molecule has 0 fully saturated rings. The number of hydrogen-bond acceptors (Lipinski definition) is 5. The van der Waals surface area contributed by atoms with E-state index in [0.29, 0.717) is 11.3 Å². The summed E-state index contributed by atoms with van der Waals surface area (Å²) in [6.07, 6.45) is 0.941. The van der Waals surface area contributed by atoms with Gasteiger partial charge in [-0.3, -0.25) is 9.36 Å². The largest absolute Gasteiger partial charge is 0.497 e. The van der Waals surface area contributed by atoms with Gasteiger partial charge in [0.25, 0.3) is 5.91 Å². The molecule has 35 heavy (non-hydrogen) atoms. The van der Waals surface area contributed by atoms with Gasteiger partial charge < -0.3 is 9.64 Å². The first-order valence-corrected chi connectivity index (χ1v) is 12.6. The van der Waals surface area contributed by atoms with E-state index < -0.39 is 0 Å². The minimum absolute atomic E-state index is 0.0492. The highest BCUT2D eigenvalue weighted by Crippen LogP contribution is 2.31. The van der Waals surface area contributed by atoms with Gasteiger partial charge in [-0.05, 0) is 55.3 Å². The van der Waals surface area contributed by atoms with Crippen LogP contribution in [0.5, 0.6) is 5.75 Å². The van der Waals surface area contributed by atoms with Gasteiger partial charge >= 0.3 is 0 Å². The lowest BCUT2D eigenvalue weighted by Gasteiger charge is -2.16. The first kappa shape index (κ1) is 24.5. The van der Waals surface area contributed by atoms with E-state index in [1.807, 2.05) is 55.6 Å². The van der Waals surface area contributed by atoms with Gasteiger partial charge in [-0.25, -0.2) is 0 Å². The van der Waals surface area contributed by atoms with Gasteiger partial charge in [-0.2, -0.15) is 0 Å². The number of aromatic nitrogens is 3. The van der Waals surface area contributed by atoms with Crippen LogP contribution in [0.3, 0.4) is 0 Å². The van der Waals surface area contributed by atoms with Gasteiger partial charge in [0.2, 0.25) is 0 Å². The fraction of sp³-hybridized carbons (Fsp3) is 0.250. The van der Waals surface area contributed by atoms with Gasteiger partial charge in [0.05, 0.1) is 7.11 Å². The van der Waals surface area contributed by atoms with Gasteiger partial charge in [0.15, 0.2) is 11.0 Å². The van der Waals surface area contributed by atoms with E-state index >= 15 is 0 Å². The number of carbonyl (C=O) groups excluding carboxylic acids is 1. The molecule has 0 radical (unpaired) electrons. The Morgan fingerprint density at radius 1 is 1.03 bits per heavy atom. The molecule has 0 unspecified atom stereocenters. The minimum atomic E-state index is 0.0492. The van der Waals surface area contributed by atoms with Gasteiger partial charge in [-0.1, -0.05) is 60.6 Å². The number of methoxy groups -OCH3 is 1. The number of thioether (sulfide) groups is 1. The smallest absolute Gasteiger partial charge is 0.253 e. The Labute approximate surface area is 211 Å². The van der Waals surface area contributed by atoms with E-state index in [2.05, 4.69) is 52.9 Å². The molecule has 4 rings (SSSR count). The summed E-state index contributed by atoms with van der Waals surface area (Å²) in [5.74, 6) is 2.29. The SMILES string of the molecule is CCCN(C)C(=O)c1ccc(CSc2nnc(-c3cccc(OC)c3)n2-c2ccc(C)cc2)cc1. The monoisotopic (exact) mass is 486 g/mol. The summed E-state index contributed by atoms with van der Waals surface area (Å²) in [7, 11) is 3.50. The Balaban J connectivity index is 1.60. The zero-order chi connectivity index (χ0) is 24.8. The first-order valence-electron chi connectivity index (χ1n) is 11.6. The van der Waals surface area contributed by atoms with Gasteiger partial charge in [0.1, 0.15) is 5.75 Å². The van der Waals surface area contributed by atoms with Crippen molar-refractivity contribution in [3.63, 3.8) is 0 Å². The molecule has 1 aromatic heterocycles. The van der Waals surface area contributed by atoms with Crippen LogP contribution in [-0.4, -0.2) is 46.3 Å². The van der Waals surface area contributed by atoms with Crippen molar-refractivity contribution in [2.45, 2.75) is 31.2 Å². The quantitative estimate of drug-likeness (QED) is 0.271. The molecule has 6 nitrogen and oxygen atoms in total. The molecule has 3 aromatic carbocycles. The zero-order valence-electron chi connectivity index (χ0n) is 20.6. The first-order chi connectivity index (χ1) is 17.0. The number of rotatable bonds is 9. The fourth-order valence-electron chi connectivity index (χ4n) is 3.79. The number of aryl methyl sites for hydroxylation is 1. The predicted octanol–water partition coefficient (Wildman–Crippen LogP) is 6.03. The third-order valence-electron chi connectivity index (χ3n) is 5.73. The number of ether oxygens (including phenoxy) is 1. The Kier molecular flexibility index (Phi) is 7.87. The van der Waals surface area contributed by atoms with Crippen molar-refractivity contribution in [2.24, 2.45) is 0 Å². The van der Waals surface area contributed by atoms with E-state index in [4.69, 9.17) is 4.74 Å². The van der Waals surface area contributed by atoms with Crippen molar-refractivity contribution in [3.8, 4) is 22.8 Å². The van der Waals surface area contributed by atoms with Crippen molar-refractivity contribution in [2.75, 3.05) is 20.7 Å². The molecule has 0 aliphatic carbocycles. The Morgan fingerprint density at radius 3 is 2.46 bits per heavy atom. The average molecular weight is 487 g/mol. The van der Waals surface area contributed by atoms with E-state index in [9.17, 15) is 4.79 Å². The molecule has 0 bridgehead atoms. The number of hydrogen-bond donors (Lipinski definition) is 0. The third kappa shape index (κ3) is 5.74. The van der Waals surface area contributed by atoms with Gasteiger partial charge in [-0.15, -0.1) is 10.2 Å². The predicted molar refractivity (Wildman–Crippen MR) is 141 cm³/mol. The average Bonchev–Trinajstić information content (AvgIpc) is 3.32. The molecule has 1 heterocycles. The Morgan fingerprint density at radius 2 is 1.77 bits per heavy atom. The van der Waals surface area contributed by atoms with E-state index in [0.717, 1.165) is 46.5 Å². The lowest BCUT2D eigenvalue weighted by Crippen LogP contribution is -2.27. The van der Waals surface area contributed by atoms with Crippen LogP contribution >= 0.6 is 11.8 Å². The minimum Gasteiger partial charge on any atom is -0.497 e. The molecular weight excluding hydrogens is 456 g/mol. The summed E-state index contributed by atoms with van der Waals surface area (Å²) in [5, 5.41) is 9.86. The molecule has 4 aromatic rings. The third-order valence-corrected chi connectivity index (χ3v) is 6.73. The lowest BCUT2D eigenvalue weighted by molar-refractivity contribution is 0.0795. The molecule has 0 saturated carbocycles. The van der Waals surface area contributed by atoms with Crippen molar-refractivity contribution in [3.05, 3.63) is 89.5 Å². The lowest BCUT2D eigenvalue weighted by atomic mass is 10.1. The standard InChI is InChI=1S/C28H30N4O2S/c1-5-17-31(3)27(33)22-13-11-21(12-14-22)19-35-28-30-29-26(23-7-6-8-25(18-23)34-4)32(28)24-15-9-20(2)10-16-24/h6-16,18H,5,17,19H2,1-4H3. The molecule has 1 amide bonds. The molecular formula is C28H30N4O2S. The maximum absolute atomic E-state index is 12.5. The highest BCUT2D eigenvalue weighted by atomic mass is 32.2. The van der Waals surface area contributed by atoms with Crippen LogP contribution < -0.4 is 4.74 Å². The summed E-state index contributed by atoms with van der Waals surface area (Å²) >= 11 is 1.62. The second-order valence-electron chi connectivity index (χ2n) is 8.42. The maximum atomic E-state index is 12.5. The summed E-state index contributed by atoms with van der Waals surface area (Å²) in [4.78, 5) is 14.3. The van der Waals surface area contributed by atoms with Crippen LogP contribution in [-0.2, 0) is 5.75 Å². The second kappa shape index (κ2) is 11.2. The summed E-state index contributed by atoms with van der Waals surface area (Å²) < 4.78 is 7.49. The number of benzene rings is 3. The molecule has 7 heteroatoms. The topological polar surface area (TPSA) is 60.3 Å². The normalized spacial score (nSPS) is 10.9. The molecule has 180 valence electrons. The van der Waals surface area contributed by atoms with Gasteiger partial charge in [0, 0.05) is 36.2 Å². The van der Waals surface area contributed by atoms with Crippen molar-refractivity contribution < 1.29 is 9.53 Å². The fourth-order valence-corrected chi connectivity index (χ4v) is 4.70. The molecule has 0 aliphatic rings. The Hall–Kier alpha value is -3.58. The van der Waals surface area contributed by atoms with Crippen molar-refractivity contribution in [1.29, 1.82) is 0 Å². The maximum Gasteiger partial charge on any atom is 0.253 e. The van der Waals surface area contributed by atoms with Crippen LogP contribution in [0.2, 0.25) is 0 Å². The molecule has 0 saturated heterocycles.